The molecular formula is C8H14O4. The van der Waals surface area contributed by atoms with Gasteiger partial charge in [0, 0.05) is 12.5 Å². The Morgan fingerprint density at radius 2 is 2.25 bits per heavy atom. The smallest absolute Gasteiger partial charge is 0.327 e. The summed E-state index contributed by atoms with van der Waals surface area (Å²) in [7, 11) is 0. The van der Waals surface area contributed by atoms with Gasteiger partial charge in [0.2, 0.25) is 0 Å². The third-order valence-corrected chi connectivity index (χ3v) is 1.59. The van der Waals surface area contributed by atoms with Gasteiger partial charge in [-0.05, 0) is 6.92 Å². The summed E-state index contributed by atoms with van der Waals surface area (Å²) < 4.78 is 5.02. The Balaban J connectivity index is 0.000000217. The number of carbonyl (C=O) groups is 1. The summed E-state index contributed by atoms with van der Waals surface area (Å²) in [6, 6.07) is 0. The molecule has 2 N–H and O–H groups in total. The molecule has 0 aliphatic carbocycles. The maximum absolute atomic E-state index is 9.25. The first-order valence-electron chi connectivity index (χ1n) is 3.64. The molecular weight excluding hydrogens is 160 g/mol. The number of ether oxygens (including phenoxy) is 1. The van der Waals surface area contributed by atoms with Crippen molar-refractivity contribution in [1.82, 2.24) is 0 Å². The highest BCUT2D eigenvalue weighted by Gasteiger charge is 2.31. The van der Waals surface area contributed by atoms with Crippen LogP contribution in [0.3, 0.4) is 0 Å². The predicted octanol–water partition coefficient (Wildman–Crippen LogP) is 0.415. The second kappa shape index (κ2) is 4.90. The molecule has 4 heteroatoms. The number of aliphatic carboxylic acids is 1. The molecule has 4 nitrogen and oxygen atoms in total. The van der Waals surface area contributed by atoms with Crippen molar-refractivity contribution < 1.29 is 19.7 Å². The summed E-state index contributed by atoms with van der Waals surface area (Å²) in [4.78, 5) is 9.25. The van der Waals surface area contributed by atoms with E-state index in [-0.39, 0.29) is 12.2 Å². The largest absolute Gasteiger partial charge is 0.478 e. The first-order valence-corrected chi connectivity index (χ1v) is 3.64. The van der Waals surface area contributed by atoms with Gasteiger partial charge in [-0.1, -0.05) is 6.58 Å². The summed E-state index contributed by atoms with van der Waals surface area (Å²) in [5.41, 5.74) is -0.181. The average Bonchev–Trinajstić information content (AvgIpc) is 2.01. The quantitative estimate of drug-likeness (QED) is 0.595. The van der Waals surface area contributed by atoms with E-state index in [9.17, 15) is 4.79 Å². The molecule has 1 saturated heterocycles. The van der Waals surface area contributed by atoms with Crippen LogP contribution in [0.5, 0.6) is 0 Å². The van der Waals surface area contributed by atoms with Crippen molar-refractivity contribution >= 4 is 5.97 Å². The minimum atomic E-state index is -0.981. The van der Waals surface area contributed by atoms with Crippen LogP contribution in [-0.4, -0.2) is 35.0 Å². The van der Waals surface area contributed by atoms with E-state index in [1.165, 1.54) is 0 Å². The minimum Gasteiger partial charge on any atom is -0.478 e. The van der Waals surface area contributed by atoms with Crippen molar-refractivity contribution in [3.8, 4) is 0 Å². The summed E-state index contributed by atoms with van der Waals surface area (Å²) in [6.07, 6.45) is 1.84. The van der Waals surface area contributed by atoms with E-state index in [1.54, 1.807) is 0 Å². The van der Waals surface area contributed by atoms with Crippen LogP contribution in [0.1, 0.15) is 13.3 Å². The van der Waals surface area contributed by atoms with Crippen LogP contribution in [0.25, 0.3) is 0 Å². The molecule has 0 aromatic carbocycles. The van der Waals surface area contributed by atoms with Gasteiger partial charge in [0.1, 0.15) is 0 Å². The van der Waals surface area contributed by atoms with Crippen LogP contribution in [0.15, 0.2) is 12.7 Å². The molecule has 1 heterocycles. The highest BCUT2D eigenvalue weighted by molar-refractivity contribution is 5.78. The van der Waals surface area contributed by atoms with E-state index < -0.39 is 5.97 Å². The molecule has 0 spiro atoms. The van der Waals surface area contributed by atoms with Crippen LogP contribution < -0.4 is 0 Å². The summed E-state index contributed by atoms with van der Waals surface area (Å²) in [6.45, 7) is 5.85. The van der Waals surface area contributed by atoms with Gasteiger partial charge in [-0.2, -0.15) is 0 Å². The van der Waals surface area contributed by atoms with E-state index in [2.05, 4.69) is 6.58 Å². The van der Waals surface area contributed by atoms with Crippen LogP contribution >= 0.6 is 0 Å². The molecule has 1 aliphatic rings. The van der Waals surface area contributed by atoms with Crippen LogP contribution in [0, 0.1) is 0 Å². The van der Waals surface area contributed by atoms with E-state index >= 15 is 0 Å². The Labute approximate surface area is 71.5 Å². The summed E-state index contributed by atoms with van der Waals surface area (Å²) in [5, 5.41) is 16.1. The molecule has 12 heavy (non-hydrogen) atoms. The standard InChI is InChI=1S/C5H10O2.C3H4O2/c1-5(4-6)2-3-7-5;1-2-3(4)5/h6H,2-4H2,1H3;2H,1H2,(H,4,5). The van der Waals surface area contributed by atoms with Crippen LogP contribution in [-0.2, 0) is 9.53 Å². The molecule has 0 aromatic rings. The molecule has 1 atom stereocenters. The normalized spacial score (nSPS) is 26.2. The number of carboxylic acid groups (broad SMARTS) is 1. The first kappa shape index (κ1) is 11.1. The van der Waals surface area contributed by atoms with Crippen LogP contribution in [0.4, 0.5) is 0 Å². The Bertz CT molecular complexity index is 155. The third-order valence-electron chi connectivity index (χ3n) is 1.59. The van der Waals surface area contributed by atoms with E-state index in [4.69, 9.17) is 14.9 Å². The molecule has 0 aromatic heterocycles. The summed E-state index contributed by atoms with van der Waals surface area (Å²) in [5.74, 6) is -0.981. The Hall–Kier alpha value is -0.870. The van der Waals surface area contributed by atoms with Gasteiger partial charge in [0.25, 0.3) is 0 Å². The van der Waals surface area contributed by atoms with Gasteiger partial charge in [-0.3, -0.25) is 0 Å². The van der Waals surface area contributed by atoms with Gasteiger partial charge in [0.15, 0.2) is 0 Å². The van der Waals surface area contributed by atoms with E-state index in [1.807, 2.05) is 6.92 Å². The zero-order valence-electron chi connectivity index (χ0n) is 7.12. The fourth-order valence-electron chi connectivity index (χ4n) is 0.575. The second-order valence-corrected chi connectivity index (χ2v) is 2.75. The molecule has 1 unspecified atom stereocenters. The van der Waals surface area contributed by atoms with Crippen molar-refractivity contribution in [2.75, 3.05) is 13.2 Å². The molecule has 70 valence electrons. The molecule has 0 amide bonds. The highest BCUT2D eigenvalue weighted by atomic mass is 16.5. The Kier molecular flexibility index (Phi) is 4.54. The lowest BCUT2D eigenvalue weighted by molar-refractivity contribution is -0.157. The molecule has 0 radical (unpaired) electrons. The fourth-order valence-corrected chi connectivity index (χ4v) is 0.575. The lowest BCUT2D eigenvalue weighted by Crippen LogP contribution is -2.43. The summed E-state index contributed by atoms with van der Waals surface area (Å²) >= 11 is 0. The molecule has 1 fully saturated rings. The van der Waals surface area contributed by atoms with Crippen molar-refractivity contribution in [2.24, 2.45) is 0 Å². The highest BCUT2D eigenvalue weighted by Crippen LogP contribution is 2.23. The van der Waals surface area contributed by atoms with Gasteiger partial charge in [-0.15, -0.1) is 0 Å². The monoisotopic (exact) mass is 174 g/mol. The number of hydrogen-bond acceptors (Lipinski definition) is 3. The number of rotatable bonds is 2. The third kappa shape index (κ3) is 4.10. The van der Waals surface area contributed by atoms with Gasteiger partial charge in [0.05, 0.1) is 18.8 Å². The van der Waals surface area contributed by atoms with Crippen LogP contribution in [0.2, 0.25) is 0 Å². The zero-order valence-corrected chi connectivity index (χ0v) is 7.12. The van der Waals surface area contributed by atoms with Crippen molar-refractivity contribution in [3.63, 3.8) is 0 Å². The number of aliphatic hydroxyl groups is 1. The Morgan fingerprint density at radius 1 is 1.83 bits per heavy atom. The lowest BCUT2D eigenvalue weighted by Gasteiger charge is -2.36. The number of aliphatic hydroxyl groups excluding tert-OH is 1. The van der Waals surface area contributed by atoms with Gasteiger partial charge in [-0.25, -0.2) is 4.79 Å². The maximum Gasteiger partial charge on any atom is 0.327 e. The van der Waals surface area contributed by atoms with Crippen molar-refractivity contribution in [3.05, 3.63) is 12.7 Å². The average molecular weight is 174 g/mol. The molecule has 0 saturated carbocycles. The van der Waals surface area contributed by atoms with Crippen molar-refractivity contribution in [1.29, 1.82) is 0 Å². The fraction of sp³-hybridized carbons (Fsp3) is 0.625. The Morgan fingerprint density at radius 3 is 2.25 bits per heavy atom. The van der Waals surface area contributed by atoms with Gasteiger partial charge < -0.3 is 14.9 Å². The molecule has 1 rings (SSSR count). The SMILES string of the molecule is C=CC(=O)O.CC1(CO)CCO1. The first-order chi connectivity index (χ1) is 5.54. The molecule has 1 aliphatic heterocycles. The number of hydrogen-bond donors (Lipinski definition) is 2. The lowest BCUT2D eigenvalue weighted by atomic mass is 9.99. The second-order valence-electron chi connectivity index (χ2n) is 2.75. The van der Waals surface area contributed by atoms with Gasteiger partial charge >= 0.3 is 5.97 Å². The van der Waals surface area contributed by atoms with E-state index in [0.717, 1.165) is 19.1 Å². The predicted molar refractivity (Wildman–Crippen MR) is 43.9 cm³/mol. The zero-order chi connectivity index (χ0) is 9.61. The topological polar surface area (TPSA) is 66.8 Å². The van der Waals surface area contributed by atoms with E-state index in [0.29, 0.717) is 0 Å². The number of carboxylic acids is 1. The molecule has 0 bridgehead atoms. The van der Waals surface area contributed by atoms with Crippen molar-refractivity contribution in [2.45, 2.75) is 18.9 Å². The minimum absolute atomic E-state index is 0.160. The maximum atomic E-state index is 9.25.